The fourth-order valence-electron chi connectivity index (χ4n) is 1.79. The Balaban J connectivity index is 1.94. The van der Waals surface area contributed by atoms with E-state index in [-0.39, 0.29) is 22.3 Å². The maximum Gasteiger partial charge on any atom is 0.319 e. The van der Waals surface area contributed by atoms with E-state index < -0.39 is 10.0 Å². The van der Waals surface area contributed by atoms with Crippen molar-refractivity contribution in [2.75, 3.05) is 13.2 Å². The van der Waals surface area contributed by atoms with Crippen LogP contribution in [0.4, 0.5) is 0 Å². The molecule has 1 aliphatic rings. The van der Waals surface area contributed by atoms with Crippen LogP contribution in [0.5, 0.6) is 0 Å². The van der Waals surface area contributed by atoms with Gasteiger partial charge >= 0.3 is 5.97 Å². The first-order chi connectivity index (χ1) is 9.92. The van der Waals surface area contributed by atoms with Crippen LogP contribution in [0.3, 0.4) is 0 Å². The highest BCUT2D eigenvalue weighted by Gasteiger charge is 2.29. The molecule has 1 aromatic carbocycles. The monoisotopic (exact) mass is 374 g/mol. The van der Waals surface area contributed by atoms with Crippen molar-refractivity contribution in [3.05, 3.63) is 29.8 Å². The van der Waals surface area contributed by atoms with Crippen LogP contribution in [0, 0.1) is 0 Å². The molecule has 0 aromatic heterocycles. The highest BCUT2D eigenvalue weighted by molar-refractivity contribution is 9.10. The van der Waals surface area contributed by atoms with E-state index in [1.54, 1.807) is 31.2 Å². The third kappa shape index (κ3) is 3.82. The largest absolute Gasteiger partial charge is 0.465 e. The van der Waals surface area contributed by atoms with Crippen LogP contribution >= 0.6 is 15.9 Å². The molecule has 0 saturated heterocycles. The molecule has 2 rings (SSSR count). The number of alkyl halides is 1. The van der Waals surface area contributed by atoms with E-state index in [4.69, 9.17) is 4.74 Å². The summed E-state index contributed by atoms with van der Waals surface area (Å²) in [7, 11) is -3.49. The van der Waals surface area contributed by atoms with Gasteiger partial charge in [0.05, 0.1) is 11.5 Å². The Hall–Kier alpha value is -1.41. The molecule has 0 saturated carbocycles. The molecule has 0 unspecified atom stereocenters. The third-order valence-electron chi connectivity index (χ3n) is 2.80. The quantitative estimate of drug-likeness (QED) is 0.480. The van der Waals surface area contributed by atoms with Gasteiger partial charge in [-0.1, -0.05) is 28.1 Å². The minimum atomic E-state index is -3.49. The molecular weight excluding hydrogens is 360 g/mol. The lowest BCUT2D eigenvalue weighted by atomic mass is 10.2. The average molecular weight is 375 g/mol. The van der Waals surface area contributed by atoms with Crippen molar-refractivity contribution < 1.29 is 17.9 Å². The number of hydrogen-bond acceptors (Lipinski definition) is 5. The van der Waals surface area contributed by atoms with Gasteiger partial charge in [-0.3, -0.25) is 14.5 Å². The van der Waals surface area contributed by atoms with Crippen LogP contribution in [0.25, 0.3) is 0 Å². The third-order valence-corrected chi connectivity index (χ3v) is 4.58. The van der Waals surface area contributed by atoms with Crippen LogP contribution in [0.2, 0.25) is 0 Å². The highest BCUT2D eigenvalue weighted by atomic mass is 79.9. The van der Waals surface area contributed by atoms with Crippen molar-refractivity contribution in [1.82, 2.24) is 4.72 Å². The minimum absolute atomic E-state index is 0.239. The van der Waals surface area contributed by atoms with Crippen molar-refractivity contribution in [1.29, 1.82) is 0 Å². The Morgan fingerprint density at radius 2 is 2.14 bits per heavy atom. The Morgan fingerprint density at radius 1 is 1.43 bits per heavy atom. The van der Waals surface area contributed by atoms with E-state index in [0.717, 1.165) is 0 Å². The first-order valence-electron chi connectivity index (χ1n) is 6.39. The summed E-state index contributed by atoms with van der Waals surface area (Å²) in [5.74, 6) is 0.0142. The standard InChI is InChI=1S/C13H15BrN2O4S/c1-9(14)13(17)20-8-4-7-15-12-10-5-2-3-6-11(10)21(18,19)16-12/h2-3,5-6,9H,4,7-8H2,1H3,(H,15,16)/t9-/m0/s1. The second kappa shape index (κ2) is 6.57. The molecule has 0 spiro atoms. The molecule has 0 aliphatic carbocycles. The molecule has 1 atom stereocenters. The van der Waals surface area contributed by atoms with Crippen molar-refractivity contribution in [2.24, 2.45) is 4.99 Å². The maximum atomic E-state index is 11.9. The van der Waals surface area contributed by atoms with E-state index in [0.29, 0.717) is 24.4 Å². The van der Waals surface area contributed by atoms with E-state index in [1.165, 1.54) is 0 Å². The molecule has 0 fully saturated rings. The van der Waals surface area contributed by atoms with Crippen molar-refractivity contribution in [3.63, 3.8) is 0 Å². The summed E-state index contributed by atoms with van der Waals surface area (Å²) in [5, 5.41) is 0. The second-order valence-corrected chi connectivity index (χ2v) is 7.49. The second-order valence-electron chi connectivity index (χ2n) is 4.47. The Labute approximate surface area is 131 Å². The van der Waals surface area contributed by atoms with Crippen molar-refractivity contribution >= 4 is 37.8 Å². The van der Waals surface area contributed by atoms with Crippen LogP contribution in [0.15, 0.2) is 34.2 Å². The van der Waals surface area contributed by atoms with E-state index >= 15 is 0 Å². The SMILES string of the molecule is C[C@H](Br)C(=O)OCCCN=C1NS(=O)(=O)c2ccccc21. The van der Waals surface area contributed by atoms with Gasteiger partial charge in [0, 0.05) is 18.5 Å². The van der Waals surface area contributed by atoms with Gasteiger partial charge in [-0.2, -0.15) is 0 Å². The minimum Gasteiger partial charge on any atom is -0.465 e. The molecule has 1 N–H and O–H groups in total. The number of rotatable bonds is 5. The molecule has 0 amide bonds. The van der Waals surface area contributed by atoms with E-state index in [9.17, 15) is 13.2 Å². The summed E-state index contributed by atoms with van der Waals surface area (Å²) in [4.78, 5) is 15.3. The van der Waals surface area contributed by atoms with Crippen LogP contribution in [0.1, 0.15) is 18.9 Å². The zero-order chi connectivity index (χ0) is 15.5. The number of fused-ring (bicyclic) bond motifs is 1. The van der Waals surface area contributed by atoms with Crippen molar-refractivity contribution in [2.45, 2.75) is 23.1 Å². The number of hydrogen-bond donors (Lipinski definition) is 1. The molecule has 114 valence electrons. The molecule has 1 aromatic rings. The van der Waals surface area contributed by atoms with Gasteiger partial charge in [-0.25, -0.2) is 8.42 Å². The first kappa shape index (κ1) is 16.0. The lowest BCUT2D eigenvalue weighted by molar-refractivity contribution is -0.142. The average Bonchev–Trinajstić information content (AvgIpc) is 2.70. The van der Waals surface area contributed by atoms with Crippen LogP contribution in [-0.2, 0) is 19.6 Å². The van der Waals surface area contributed by atoms with Gasteiger partial charge < -0.3 is 4.74 Å². The fourth-order valence-corrected chi connectivity index (χ4v) is 3.18. The Bertz CT molecular complexity index is 671. The van der Waals surface area contributed by atoms with Crippen LogP contribution < -0.4 is 4.72 Å². The predicted octanol–water partition coefficient (Wildman–Crippen LogP) is 1.44. The molecule has 8 heteroatoms. The number of benzene rings is 1. The zero-order valence-electron chi connectivity index (χ0n) is 11.4. The zero-order valence-corrected chi connectivity index (χ0v) is 13.8. The molecule has 0 radical (unpaired) electrons. The predicted molar refractivity (Wildman–Crippen MR) is 82.1 cm³/mol. The van der Waals surface area contributed by atoms with Crippen LogP contribution in [-0.4, -0.2) is 38.2 Å². The lowest BCUT2D eigenvalue weighted by Crippen LogP contribution is -2.22. The van der Waals surface area contributed by atoms with E-state index in [2.05, 4.69) is 25.6 Å². The number of halogens is 1. The molecule has 0 bridgehead atoms. The van der Waals surface area contributed by atoms with Gasteiger partial charge in [0.2, 0.25) is 0 Å². The Kier molecular flexibility index (Phi) is 5.00. The Morgan fingerprint density at radius 3 is 2.86 bits per heavy atom. The normalized spacial score (nSPS) is 18.9. The molecule has 1 heterocycles. The molecular formula is C13H15BrN2O4S. The molecule has 1 aliphatic heterocycles. The lowest BCUT2D eigenvalue weighted by Gasteiger charge is -2.05. The number of carbonyl (C=O) groups is 1. The number of nitrogens with zero attached hydrogens (tertiary/aromatic N) is 1. The topological polar surface area (TPSA) is 84.8 Å². The summed E-state index contributed by atoms with van der Waals surface area (Å²) < 4.78 is 31.1. The first-order valence-corrected chi connectivity index (χ1v) is 8.79. The number of sulfonamides is 1. The van der Waals surface area contributed by atoms with Gasteiger partial charge in [0.15, 0.2) is 0 Å². The van der Waals surface area contributed by atoms with Gasteiger partial charge in [-0.15, -0.1) is 0 Å². The summed E-state index contributed by atoms with van der Waals surface area (Å²) in [6.45, 7) is 2.31. The summed E-state index contributed by atoms with van der Waals surface area (Å²) in [6, 6.07) is 6.68. The smallest absolute Gasteiger partial charge is 0.319 e. The summed E-state index contributed by atoms with van der Waals surface area (Å²) in [6.07, 6.45) is 0.527. The maximum absolute atomic E-state index is 11.9. The molecule has 6 nitrogen and oxygen atoms in total. The van der Waals surface area contributed by atoms with Gasteiger partial charge in [-0.05, 0) is 19.1 Å². The highest BCUT2D eigenvalue weighted by Crippen LogP contribution is 2.22. The number of ether oxygens (including phenoxy) is 1. The number of carbonyl (C=O) groups excluding carboxylic acids is 1. The number of aliphatic imine (C=N–C) groups is 1. The van der Waals surface area contributed by atoms with Crippen molar-refractivity contribution in [3.8, 4) is 0 Å². The number of esters is 1. The van der Waals surface area contributed by atoms with Gasteiger partial charge in [0.25, 0.3) is 10.0 Å². The molecule has 21 heavy (non-hydrogen) atoms. The number of nitrogens with one attached hydrogen (secondary N) is 1. The number of amidine groups is 1. The summed E-state index contributed by atoms with van der Waals surface area (Å²) >= 11 is 3.11. The summed E-state index contributed by atoms with van der Waals surface area (Å²) in [5.41, 5.74) is 0.573. The van der Waals surface area contributed by atoms with E-state index in [1.807, 2.05) is 0 Å². The fraction of sp³-hybridized carbons (Fsp3) is 0.385. The van der Waals surface area contributed by atoms with Gasteiger partial charge in [0.1, 0.15) is 10.7 Å².